The number of nitrogens with zero attached hydrogens (tertiary/aromatic N) is 2. The van der Waals surface area contributed by atoms with E-state index in [9.17, 15) is 0 Å². The van der Waals surface area contributed by atoms with Gasteiger partial charge < -0.3 is 10.2 Å². The summed E-state index contributed by atoms with van der Waals surface area (Å²) in [6.07, 6.45) is 0.983. The summed E-state index contributed by atoms with van der Waals surface area (Å²) in [6, 6.07) is 7.51. The molecule has 1 heterocycles. The molecule has 20 heavy (non-hydrogen) atoms. The second-order valence-electron chi connectivity index (χ2n) is 4.73. The van der Waals surface area contributed by atoms with Crippen LogP contribution in [0, 0.1) is 5.92 Å². The molecule has 0 aliphatic rings. The molecule has 0 saturated heterocycles. The summed E-state index contributed by atoms with van der Waals surface area (Å²) in [4.78, 5) is 0. The zero-order valence-electron chi connectivity index (χ0n) is 11.5. The minimum Gasteiger partial charge on any atom is -0.414 e. The van der Waals surface area contributed by atoms with Crippen molar-refractivity contribution < 1.29 is 4.42 Å². The highest BCUT2D eigenvalue weighted by atomic mass is 35.5. The van der Waals surface area contributed by atoms with E-state index in [1.54, 1.807) is 0 Å². The van der Waals surface area contributed by atoms with Crippen molar-refractivity contribution in [2.45, 2.75) is 37.3 Å². The Labute approximate surface area is 128 Å². The third kappa shape index (κ3) is 3.98. The predicted molar refractivity (Wildman–Crippen MR) is 81.7 cm³/mol. The minimum absolute atomic E-state index is 0.197. The van der Waals surface area contributed by atoms with Crippen LogP contribution < -0.4 is 5.73 Å². The van der Waals surface area contributed by atoms with Crippen LogP contribution in [0.5, 0.6) is 0 Å². The number of nitrogens with two attached hydrogens (primary N) is 1. The molecule has 2 atom stereocenters. The average Bonchev–Trinajstić information content (AvgIpc) is 2.94. The van der Waals surface area contributed by atoms with E-state index in [1.165, 1.54) is 11.8 Å². The first kappa shape index (κ1) is 15.4. The van der Waals surface area contributed by atoms with Crippen LogP contribution in [0.2, 0.25) is 5.02 Å². The fourth-order valence-electron chi connectivity index (χ4n) is 1.64. The Hall–Kier alpha value is -1.04. The highest BCUT2D eigenvalue weighted by Gasteiger charge is 2.19. The van der Waals surface area contributed by atoms with E-state index in [0.717, 1.165) is 22.8 Å². The van der Waals surface area contributed by atoms with Gasteiger partial charge in [-0.3, -0.25) is 0 Å². The quantitative estimate of drug-likeness (QED) is 0.815. The first-order valence-electron chi connectivity index (χ1n) is 6.56. The van der Waals surface area contributed by atoms with Crippen LogP contribution in [0.4, 0.5) is 0 Å². The van der Waals surface area contributed by atoms with Crippen LogP contribution in [0.25, 0.3) is 0 Å². The number of thioether (sulfide) groups is 1. The fourth-order valence-corrected chi connectivity index (χ4v) is 2.49. The molecule has 4 nitrogen and oxygen atoms in total. The average molecular weight is 312 g/mol. The molecule has 1 aromatic heterocycles. The molecule has 0 bridgehead atoms. The molecule has 0 unspecified atom stereocenters. The van der Waals surface area contributed by atoms with E-state index in [4.69, 9.17) is 21.8 Å². The molecule has 0 aliphatic heterocycles. The highest BCUT2D eigenvalue weighted by molar-refractivity contribution is 7.98. The second kappa shape index (κ2) is 7.11. The number of rotatable bonds is 6. The minimum atomic E-state index is -0.197. The lowest BCUT2D eigenvalue weighted by Gasteiger charge is -2.13. The summed E-state index contributed by atoms with van der Waals surface area (Å²) in [5.74, 6) is 1.60. The Balaban J connectivity index is 1.94. The predicted octanol–water partition coefficient (Wildman–Crippen LogP) is 4.06. The van der Waals surface area contributed by atoms with E-state index >= 15 is 0 Å². The van der Waals surface area contributed by atoms with Gasteiger partial charge in [0, 0.05) is 10.8 Å². The maximum atomic E-state index is 6.07. The highest BCUT2D eigenvalue weighted by Crippen LogP contribution is 2.26. The Morgan fingerprint density at radius 2 is 2.00 bits per heavy atom. The Morgan fingerprint density at radius 3 is 2.65 bits per heavy atom. The van der Waals surface area contributed by atoms with Crippen LogP contribution >= 0.6 is 23.4 Å². The van der Waals surface area contributed by atoms with Gasteiger partial charge >= 0.3 is 0 Å². The van der Waals surface area contributed by atoms with Gasteiger partial charge in [-0.2, -0.15) is 0 Å². The third-order valence-corrected chi connectivity index (χ3v) is 4.38. The molecule has 0 spiro atoms. The Bertz CT molecular complexity index is 544. The van der Waals surface area contributed by atoms with Gasteiger partial charge in [-0.25, -0.2) is 0 Å². The van der Waals surface area contributed by atoms with Gasteiger partial charge in [0.1, 0.15) is 0 Å². The Kier molecular flexibility index (Phi) is 5.46. The van der Waals surface area contributed by atoms with Gasteiger partial charge in [-0.15, -0.1) is 10.2 Å². The largest absolute Gasteiger partial charge is 0.414 e. The summed E-state index contributed by atoms with van der Waals surface area (Å²) in [7, 11) is 0. The number of aromatic nitrogens is 2. The summed E-state index contributed by atoms with van der Waals surface area (Å²) in [5, 5.41) is 9.34. The van der Waals surface area contributed by atoms with E-state index in [2.05, 4.69) is 24.0 Å². The van der Waals surface area contributed by atoms with Gasteiger partial charge in [0.2, 0.25) is 5.89 Å². The Morgan fingerprint density at radius 1 is 1.30 bits per heavy atom. The van der Waals surface area contributed by atoms with Gasteiger partial charge in [0.05, 0.1) is 6.04 Å². The van der Waals surface area contributed by atoms with Gasteiger partial charge in [0.15, 0.2) is 0 Å². The molecule has 108 valence electrons. The molecule has 0 aliphatic carbocycles. The molecule has 1 aromatic carbocycles. The first-order valence-corrected chi connectivity index (χ1v) is 7.92. The maximum Gasteiger partial charge on any atom is 0.276 e. The zero-order valence-corrected chi connectivity index (χ0v) is 13.1. The van der Waals surface area contributed by atoms with Crippen molar-refractivity contribution in [2.75, 3.05) is 0 Å². The molecule has 0 radical (unpaired) electrons. The van der Waals surface area contributed by atoms with Crippen LogP contribution in [0.15, 0.2) is 33.9 Å². The standard InChI is InChI=1S/C14H18ClN3OS/c1-3-9(2)12(16)13-17-18-14(19-13)20-8-10-4-6-11(15)7-5-10/h4-7,9,12H,3,8,16H2,1-2H3/t9-,12+/m0/s1. The van der Waals surface area contributed by atoms with Crippen molar-refractivity contribution >= 4 is 23.4 Å². The topological polar surface area (TPSA) is 64.9 Å². The second-order valence-corrected chi connectivity index (χ2v) is 6.10. The van der Waals surface area contributed by atoms with Crippen molar-refractivity contribution in [3.63, 3.8) is 0 Å². The number of benzene rings is 1. The number of hydrogen-bond donors (Lipinski definition) is 1. The summed E-state index contributed by atoms with van der Waals surface area (Å²) in [5.41, 5.74) is 7.22. The lowest BCUT2D eigenvalue weighted by molar-refractivity contribution is 0.333. The summed E-state index contributed by atoms with van der Waals surface area (Å²) in [6.45, 7) is 4.17. The number of halogens is 1. The van der Waals surface area contributed by atoms with Gasteiger partial charge in [-0.05, 0) is 23.6 Å². The summed E-state index contributed by atoms with van der Waals surface area (Å²) >= 11 is 7.35. The molecule has 2 N–H and O–H groups in total. The third-order valence-electron chi connectivity index (χ3n) is 3.24. The molecule has 2 aromatic rings. The SMILES string of the molecule is CC[C@H](C)[C@@H](N)c1nnc(SCc2ccc(Cl)cc2)o1. The number of hydrogen-bond acceptors (Lipinski definition) is 5. The molecule has 6 heteroatoms. The first-order chi connectivity index (χ1) is 9.60. The summed E-state index contributed by atoms with van der Waals surface area (Å²) < 4.78 is 5.60. The van der Waals surface area contributed by atoms with Crippen molar-refractivity contribution in [1.82, 2.24) is 10.2 Å². The van der Waals surface area contributed by atoms with E-state index < -0.39 is 0 Å². The van der Waals surface area contributed by atoms with E-state index in [0.29, 0.717) is 17.0 Å². The van der Waals surface area contributed by atoms with Gasteiger partial charge in [-0.1, -0.05) is 55.8 Å². The normalized spacial score (nSPS) is 14.2. The lowest BCUT2D eigenvalue weighted by Crippen LogP contribution is -2.18. The van der Waals surface area contributed by atoms with Crippen LogP contribution in [0.1, 0.15) is 37.8 Å². The van der Waals surface area contributed by atoms with Crippen LogP contribution in [-0.4, -0.2) is 10.2 Å². The molecule has 0 amide bonds. The van der Waals surface area contributed by atoms with E-state index in [-0.39, 0.29) is 6.04 Å². The smallest absolute Gasteiger partial charge is 0.276 e. The van der Waals surface area contributed by atoms with Crippen molar-refractivity contribution in [2.24, 2.45) is 11.7 Å². The monoisotopic (exact) mass is 311 g/mol. The van der Waals surface area contributed by atoms with Crippen LogP contribution in [0.3, 0.4) is 0 Å². The van der Waals surface area contributed by atoms with Crippen molar-refractivity contribution in [3.05, 3.63) is 40.7 Å². The van der Waals surface area contributed by atoms with Crippen molar-refractivity contribution in [1.29, 1.82) is 0 Å². The molecule has 2 rings (SSSR count). The van der Waals surface area contributed by atoms with E-state index in [1.807, 2.05) is 24.3 Å². The molecule has 0 saturated carbocycles. The molecular weight excluding hydrogens is 294 g/mol. The molecule has 0 fully saturated rings. The fraction of sp³-hybridized carbons (Fsp3) is 0.429. The molecular formula is C14H18ClN3OS. The van der Waals surface area contributed by atoms with Gasteiger partial charge in [0.25, 0.3) is 5.22 Å². The van der Waals surface area contributed by atoms with Crippen LogP contribution in [-0.2, 0) is 5.75 Å². The van der Waals surface area contributed by atoms with Crippen molar-refractivity contribution in [3.8, 4) is 0 Å². The maximum absolute atomic E-state index is 6.07. The lowest BCUT2D eigenvalue weighted by atomic mass is 10.0. The zero-order chi connectivity index (χ0) is 14.5.